The van der Waals surface area contributed by atoms with Crippen LogP contribution in [-0.4, -0.2) is 41.4 Å². The minimum absolute atomic E-state index is 0.00582. The van der Waals surface area contributed by atoms with Gasteiger partial charge in [0.1, 0.15) is 5.82 Å². The van der Waals surface area contributed by atoms with E-state index in [9.17, 15) is 9.90 Å². The fourth-order valence-corrected chi connectivity index (χ4v) is 2.18. The molecule has 0 saturated heterocycles. The van der Waals surface area contributed by atoms with Gasteiger partial charge in [-0.05, 0) is 6.92 Å². The summed E-state index contributed by atoms with van der Waals surface area (Å²) in [5, 5.41) is 16.3. The summed E-state index contributed by atoms with van der Waals surface area (Å²) in [7, 11) is 5.36. The van der Waals surface area contributed by atoms with Gasteiger partial charge >= 0.3 is 0 Å². The summed E-state index contributed by atoms with van der Waals surface area (Å²) in [6.07, 6.45) is 0. The van der Waals surface area contributed by atoms with Crippen LogP contribution in [0.5, 0.6) is 0 Å². The Balaban J connectivity index is 2.90. The Morgan fingerprint density at radius 3 is 2.72 bits per heavy atom. The van der Waals surface area contributed by atoms with Crippen LogP contribution in [0.15, 0.2) is 0 Å². The van der Waals surface area contributed by atoms with Gasteiger partial charge < -0.3 is 15.3 Å². The highest BCUT2D eigenvalue weighted by molar-refractivity contribution is 5.78. The van der Waals surface area contributed by atoms with Crippen molar-refractivity contribution in [3.63, 3.8) is 0 Å². The summed E-state index contributed by atoms with van der Waals surface area (Å²) in [5.41, 5.74) is 1.62. The van der Waals surface area contributed by atoms with Crippen LogP contribution in [-0.2, 0) is 18.4 Å². The molecular formula is C12H22N4O2. The summed E-state index contributed by atoms with van der Waals surface area (Å²) < 4.78 is 1.73. The SMILES string of the molecule is CNC(=O)C(C)CN(C)c1c(CO)c(C)nn1C. The number of hydrogen-bond acceptors (Lipinski definition) is 4. The molecule has 6 heteroatoms. The van der Waals surface area contributed by atoms with Gasteiger partial charge in [-0.3, -0.25) is 9.48 Å². The van der Waals surface area contributed by atoms with E-state index < -0.39 is 0 Å². The van der Waals surface area contributed by atoms with Crippen LogP contribution in [0.25, 0.3) is 0 Å². The second kappa shape index (κ2) is 5.86. The van der Waals surface area contributed by atoms with Crippen molar-refractivity contribution in [1.82, 2.24) is 15.1 Å². The Labute approximate surface area is 108 Å². The van der Waals surface area contributed by atoms with Crippen LogP contribution < -0.4 is 10.2 Å². The smallest absolute Gasteiger partial charge is 0.224 e. The summed E-state index contributed by atoms with van der Waals surface area (Å²) >= 11 is 0. The van der Waals surface area contributed by atoms with E-state index in [2.05, 4.69) is 10.4 Å². The standard InChI is InChI=1S/C12H22N4O2/c1-8(11(18)13-3)6-15(4)12-10(7-17)9(2)14-16(12)5/h8,17H,6-7H2,1-5H3,(H,13,18). The molecule has 1 amide bonds. The van der Waals surface area contributed by atoms with Crippen molar-refractivity contribution in [1.29, 1.82) is 0 Å². The van der Waals surface area contributed by atoms with Gasteiger partial charge in [-0.15, -0.1) is 0 Å². The lowest BCUT2D eigenvalue weighted by molar-refractivity contribution is -0.123. The maximum atomic E-state index is 11.5. The van der Waals surface area contributed by atoms with E-state index >= 15 is 0 Å². The van der Waals surface area contributed by atoms with E-state index in [-0.39, 0.29) is 18.4 Å². The first-order valence-electron chi connectivity index (χ1n) is 5.98. The molecule has 1 atom stereocenters. The van der Waals surface area contributed by atoms with Crippen LogP contribution in [0.4, 0.5) is 5.82 Å². The molecule has 0 aliphatic rings. The van der Waals surface area contributed by atoms with Crippen molar-refractivity contribution in [2.24, 2.45) is 13.0 Å². The molecule has 1 rings (SSSR count). The third-order valence-corrected chi connectivity index (χ3v) is 3.07. The first-order valence-corrected chi connectivity index (χ1v) is 5.98. The molecule has 2 N–H and O–H groups in total. The predicted molar refractivity (Wildman–Crippen MR) is 70.4 cm³/mol. The second-order valence-electron chi connectivity index (χ2n) is 4.57. The van der Waals surface area contributed by atoms with Crippen molar-refractivity contribution in [2.45, 2.75) is 20.5 Å². The monoisotopic (exact) mass is 254 g/mol. The number of carbonyl (C=O) groups excluding carboxylic acids is 1. The van der Waals surface area contributed by atoms with Crippen LogP contribution in [0.2, 0.25) is 0 Å². The topological polar surface area (TPSA) is 70.4 Å². The number of carbonyl (C=O) groups is 1. The number of nitrogens with zero attached hydrogens (tertiary/aromatic N) is 3. The van der Waals surface area contributed by atoms with Crippen molar-refractivity contribution >= 4 is 11.7 Å². The average Bonchev–Trinajstić information content (AvgIpc) is 2.61. The third kappa shape index (κ3) is 2.81. The number of nitrogens with one attached hydrogen (secondary N) is 1. The highest BCUT2D eigenvalue weighted by Gasteiger charge is 2.20. The molecule has 1 aromatic rings. The fraction of sp³-hybridized carbons (Fsp3) is 0.667. The Morgan fingerprint density at radius 2 is 2.22 bits per heavy atom. The molecule has 6 nitrogen and oxygen atoms in total. The van der Waals surface area contributed by atoms with Crippen molar-refractivity contribution in [3.8, 4) is 0 Å². The lowest BCUT2D eigenvalue weighted by Crippen LogP contribution is -2.35. The van der Waals surface area contributed by atoms with Gasteiger partial charge in [0, 0.05) is 33.3 Å². The summed E-state index contributed by atoms with van der Waals surface area (Å²) in [4.78, 5) is 13.5. The Hall–Kier alpha value is -1.56. The minimum Gasteiger partial charge on any atom is -0.391 e. The zero-order valence-corrected chi connectivity index (χ0v) is 11.7. The molecule has 0 saturated carbocycles. The predicted octanol–water partition coefficient (Wildman–Crippen LogP) is 0.0391. The molecule has 1 unspecified atom stereocenters. The van der Waals surface area contributed by atoms with Gasteiger partial charge in [-0.2, -0.15) is 5.10 Å². The van der Waals surface area contributed by atoms with Crippen LogP contribution in [0.1, 0.15) is 18.2 Å². The van der Waals surface area contributed by atoms with Crippen LogP contribution >= 0.6 is 0 Å². The summed E-state index contributed by atoms with van der Waals surface area (Å²) in [5.74, 6) is 0.735. The molecule has 0 aromatic carbocycles. The Bertz CT molecular complexity index is 428. The van der Waals surface area contributed by atoms with E-state index in [0.717, 1.165) is 17.1 Å². The number of aliphatic hydroxyl groups excluding tert-OH is 1. The number of amides is 1. The minimum atomic E-state index is -0.123. The van der Waals surface area contributed by atoms with Crippen molar-refractivity contribution in [3.05, 3.63) is 11.3 Å². The van der Waals surface area contributed by atoms with E-state index in [1.165, 1.54) is 0 Å². The maximum absolute atomic E-state index is 11.5. The quantitative estimate of drug-likeness (QED) is 0.778. The average molecular weight is 254 g/mol. The molecule has 0 fully saturated rings. The largest absolute Gasteiger partial charge is 0.391 e. The number of aliphatic hydroxyl groups is 1. The zero-order chi connectivity index (χ0) is 13.9. The molecule has 18 heavy (non-hydrogen) atoms. The first kappa shape index (κ1) is 14.5. The molecule has 0 aliphatic heterocycles. The highest BCUT2D eigenvalue weighted by atomic mass is 16.3. The second-order valence-corrected chi connectivity index (χ2v) is 4.57. The van der Waals surface area contributed by atoms with Crippen LogP contribution in [0.3, 0.4) is 0 Å². The van der Waals surface area contributed by atoms with Gasteiger partial charge in [0.05, 0.1) is 18.2 Å². The molecule has 1 heterocycles. The van der Waals surface area contributed by atoms with Crippen molar-refractivity contribution in [2.75, 3.05) is 25.5 Å². The van der Waals surface area contributed by atoms with Gasteiger partial charge in [0.25, 0.3) is 0 Å². The highest BCUT2D eigenvalue weighted by Crippen LogP contribution is 2.22. The van der Waals surface area contributed by atoms with E-state index in [0.29, 0.717) is 6.54 Å². The maximum Gasteiger partial charge on any atom is 0.224 e. The molecule has 0 aliphatic carbocycles. The van der Waals surface area contributed by atoms with E-state index in [4.69, 9.17) is 0 Å². The van der Waals surface area contributed by atoms with E-state index in [1.807, 2.05) is 32.8 Å². The Morgan fingerprint density at radius 1 is 1.61 bits per heavy atom. The summed E-state index contributed by atoms with van der Waals surface area (Å²) in [6.45, 7) is 4.27. The molecule has 0 spiro atoms. The zero-order valence-electron chi connectivity index (χ0n) is 11.7. The number of hydrogen-bond donors (Lipinski definition) is 2. The van der Waals surface area contributed by atoms with Crippen LogP contribution in [0, 0.1) is 12.8 Å². The van der Waals surface area contributed by atoms with Gasteiger partial charge in [-0.25, -0.2) is 0 Å². The number of anilines is 1. The van der Waals surface area contributed by atoms with Gasteiger partial charge in [-0.1, -0.05) is 6.92 Å². The summed E-state index contributed by atoms with van der Waals surface area (Å²) in [6, 6.07) is 0. The number of aromatic nitrogens is 2. The molecule has 0 radical (unpaired) electrons. The molecule has 102 valence electrons. The molecular weight excluding hydrogens is 232 g/mol. The van der Waals surface area contributed by atoms with Gasteiger partial charge in [0.2, 0.25) is 5.91 Å². The Kier molecular flexibility index (Phi) is 4.72. The van der Waals surface area contributed by atoms with E-state index in [1.54, 1.807) is 11.7 Å². The lowest BCUT2D eigenvalue weighted by Gasteiger charge is -2.23. The fourth-order valence-electron chi connectivity index (χ4n) is 2.18. The number of rotatable bonds is 5. The van der Waals surface area contributed by atoms with Gasteiger partial charge in [0.15, 0.2) is 0 Å². The normalized spacial score (nSPS) is 12.3. The lowest BCUT2D eigenvalue weighted by atomic mass is 10.1. The first-order chi connectivity index (χ1) is 8.42. The molecule has 1 aromatic heterocycles. The van der Waals surface area contributed by atoms with Crippen molar-refractivity contribution < 1.29 is 9.90 Å². The number of aryl methyl sites for hydroxylation is 2. The molecule has 0 bridgehead atoms. The third-order valence-electron chi connectivity index (χ3n) is 3.07.